The zero-order valence-electron chi connectivity index (χ0n) is 10.8. The van der Waals surface area contributed by atoms with E-state index < -0.39 is 0 Å². The molecule has 0 radical (unpaired) electrons. The van der Waals surface area contributed by atoms with Gasteiger partial charge in [-0.3, -0.25) is 4.79 Å². The lowest BCUT2D eigenvalue weighted by atomic mass is 9.94. The molecule has 0 aromatic heterocycles. The summed E-state index contributed by atoms with van der Waals surface area (Å²) in [6.07, 6.45) is 7.18. The summed E-state index contributed by atoms with van der Waals surface area (Å²) in [7, 11) is 0. The normalized spacial score (nSPS) is 18.7. The van der Waals surface area contributed by atoms with Crippen LogP contribution < -0.4 is 5.73 Å². The highest BCUT2D eigenvalue weighted by Gasteiger charge is 2.32. The molecule has 2 N–H and O–H groups in total. The van der Waals surface area contributed by atoms with Crippen LogP contribution in [0, 0.1) is 0 Å². The van der Waals surface area contributed by atoms with Gasteiger partial charge >= 0.3 is 0 Å². The Labute approximate surface area is 99.4 Å². The van der Waals surface area contributed by atoms with Crippen LogP contribution in [0.1, 0.15) is 58.8 Å². The first-order valence-electron chi connectivity index (χ1n) is 6.68. The average molecular weight is 226 g/mol. The Morgan fingerprint density at radius 1 is 1.31 bits per heavy atom. The Balaban J connectivity index is 2.42. The first kappa shape index (κ1) is 13.5. The highest BCUT2D eigenvalue weighted by atomic mass is 16.2. The first-order valence-corrected chi connectivity index (χ1v) is 6.68. The molecule has 1 saturated carbocycles. The molecule has 0 spiro atoms. The van der Waals surface area contributed by atoms with Crippen molar-refractivity contribution < 1.29 is 4.79 Å². The number of hydrogen-bond donors (Lipinski definition) is 1. The molecular formula is C13H26N2O. The number of unbranched alkanes of at least 4 members (excludes halogenated alkanes) is 1. The smallest absolute Gasteiger partial charge is 0.224 e. The molecule has 3 nitrogen and oxygen atoms in total. The number of hydrogen-bond acceptors (Lipinski definition) is 2. The Morgan fingerprint density at radius 2 is 1.94 bits per heavy atom. The topological polar surface area (TPSA) is 46.3 Å². The fourth-order valence-electron chi connectivity index (χ4n) is 2.48. The molecule has 1 rings (SSSR count). The van der Waals surface area contributed by atoms with Crippen molar-refractivity contribution in [1.82, 2.24) is 4.90 Å². The van der Waals surface area contributed by atoms with Gasteiger partial charge in [0, 0.05) is 25.0 Å². The van der Waals surface area contributed by atoms with E-state index in [0.29, 0.717) is 6.42 Å². The SMILES string of the molecule is CCCCN(CC)C(=O)CC1(N)CCCC1. The van der Waals surface area contributed by atoms with E-state index in [1.807, 2.05) is 11.8 Å². The standard InChI is InChI=1S/C13H26N2O/c1-3-5-10-15(4-2)12(16)11-13(14)8-6-7-9-13/h3-11,14H2,1-2H3. The third-order valence-electron chi connectivity index (χ3n) is 3.62. The largest absolute Gasteiger partial charge is 0.343 e. The van der Waals surface area contributed by atoms with Crippen molar-refractivity contribution >= 4 is 5.91 Å². The Morgan fingerprint density at radius 3 is 2.44 bits per heavy atom. The fourth-order valence-corrected chi connectivity index (χ4v) is 2.48. The van der Waals surface area contributed by atoms with E-state index in [2.05, 4.69) is 6.92 Å². The van der Waals surface area contributed by atoms with E-state index in [1.54, 1.807) is 0 Å². The summed E-state index contributed by atoms with van der Waals surface area (Å²) in [4.78, 5) is 14.0. The van der Waals surface area contributed by atoms with Gasteiger partial charge in [0.15, 0.2) is 0 Å². The third-order valence-corrected chi connectivity index (χ3v) is 3.62. The molecule has 94 valence electrons. The molecule has 0 bridgehead atoms. The number of nitrogens with two attached hydrogens (primary N) is 1. The molecule has 0 heterocycles. The number of amides is 1. The van der Waals surface area contributed by atoms with Crippen LogP contribution in [0.25, 0.3) is 0 Å². The summed E-state index contributed by atoms with van der Waals surface area (Å²) in [5, 5.41) is 0. The summed E-state index contributed by atoms with van der Waals surface area (Å²) < 4.78 is 0. The van der Waals surface area contributed by atoms with Gasteiger partial charge in [-0.2, -0.15) is 0 Å². The highest BCUT2D eigenvalue weighted by molar-refractivity contribution is 5.77. The lowest BCUT2D eigenvalue weighted by molar-refractivity contribution is -0.132. The Kier molecular flexibility index (Phi) is 5.26. The maximum atomic E-state index is 12.1. The summed E-state index contributed by atoms with van der Waals surface area (Å²) in [5.41, 5.74) is 6.04. The first-order chi connectivity index (χ1) is 7.61. The molecule has 0 atom stereocenters. The minimum atomic E-state index is -0.198. The number of nitrogens with zero attached hydrogens (tertiary/aromatic N) is 1. The van der Waals surface area contributed by atoms with Crippen LogP contribution in [0.3, 0.4) is 0 Å². The predicted octanol–water partition coefficient (Wildman–Crippen LogP) is 2.30. The van der Waals surface area contributed by atoms with Crippen molar-refractivity contribution in [3.63, 3.8) is 0 Å². The van der Waals surface area contributed by atoms with Gasteiger partial charge in [0.05, 0.1) is 0 Å². The second-order valence-electron chi connectivity index (χ2n) is 5.07. The monoisotopic (exact) mass is 226 g/mol. The predicted molar refractivity (Wildman–Crippen MR) is 67.2 cm³/mol. The van der Waals surface area contributed by atoms with Crippen molar-refractivity contribution in [2.24, 2.45) is 5.73 Å². The maximum absolute atomic E-state index is 12.1. The van der Waals surface area contributed by atoms with Gasteiger partial charge < -0.3 is 10.6 Å². The van der Waals surface area contributed by atoms with Gasteiger partial charge in [0.1, 0.15) is 0 Å². The molecule has 0 aromatic rings. The van der Waals surface area contributed by atoms with Gasteiger partial charge in [-0.05, 0) is 26.2 Å². The lowest BCUT2D eigenvalue weighted by Gasteiger charge is -2.28. The molecule has 1 aliphatic rings. The average Bonchev–Trinajstić information content (AvgIpc) is 2.66. The van der Waals surface area contributed by atoms with Crippen molar-refractivity contribution in [3.05, 3.63) is 0 Å². The molecular weight excluding hydrogens is 200 g/mol. The summed E-state index contributed by atoms with van der Waals surface area (Å²) in [5.74, 6) is 0.250. The zero-order chi connectivity index (χ0) is 12.0. The highest BCUT2D eigenvalue weighted by Crippen LogP contribution is 2.30. The van der Waals surface area contributed by atoms with Crippen LogP contribution >= 0.6 is 0 Å². The van der Waals surface area contributed by atoms with Gasteiger partial charge in [-0.15, -0.1) is 0 Å². The summed E-state index contributed by atoms with van der Waals surface area (Å²) in [6.45, 7) is 5.90. The van der Waals surface area contributed by atoms with E-state index in [4.69, 9.17) is 5.73 Å². The van der Waals surface area contributed by atoms with Gasteiger partial charge in [-0.25, -0.2) is 0 Å². The van der Waals surface area contributed by atoms with Crippen LogP contribution in [0.4, 0.5) is 0 Å². The van der Waals surface area contributed by atoms with Crippen molar-refractivity contribution in [3.8, 4) is 0 Å². The molecule has 3 heteroatoms. The minimum Gasteiger partial charge on any atom is -0.343 e. The van der Waals surface area contributed by atoms with Gasteiger partial charge in [-0.1, -0.05) is 26.2 Å². The van der Waals surface area contributed by atoms with Gasteiger partial charge in [0.2, 0.25) is 5.91 Å². The van der Waals surface area contributed by atoms with E-state index in [0.717, 1.165) is 38.8 Å². The minimum absolute atomic E-state index is 0.198. The van der Waals surface area contributed by atoms with Gasteiger partial charge in [0.25, 0.3) is 0 Å². The van der Waals surface area contributed by atoms with Crippen LogP contribution in [-0.2, 0) is 4.79 Å². The molecule has 0 unspecified atom stereocenters. The molecule has 0 aromatic carbocycles. The fraction of sp³-hybridized carbons (Fsp3) is 0.923. The summed E-state index contributed by atoms with van der Waals surface area (Å²) >= 11 is 0. The Hall–Kier alpha value is -0.570. The van der Waals surface area contributed by atoms with Crippen molar-refractivity contribution in [2.75, 3.05) is 13.1 Å². The Bertz CT molecular complexity index is 222. The molecule has 16 heavy (non-hydrogen) atoms. The van der Waals surface area contributed by atoms with Crippen LogP contribution in [-0.4, -0.2) is 29.4 Å². The van der Waals surface area contributed by atoms with Crippen LogP contribution in [0.2, 0.25) is 0 Å². The maximum Gasteiger partial charge on any atom is 0.224 e. The van der Waals surface area contributed by atoms with E-state index in [9.17, 15) is 4.79 Å². The molecule has 1 amide bonds. The second-order valence-corrected chi connectivity index (χ2v) is 5.07. The lowest BCUT2D eigenvalue weighted by Crippen LogP contribution is -2.43. The van der Waals surface area contributed by atoms with Crippen molar-refractivity contribution in [2.45, 2.75) is 64.3 Å². The third kappa shape index (κ3) is 3.78. The zero-order valence-corrected chi connectivity index (χ0v) is 10.8. The van der Waals surface area contributed by atoms with Crippen LogP contribution in [0.15, 0.2) is 0 Å². The quantitative estimate of drug-likeness (QED) is 0.755. The molecule has 0 saturated heterocycles. The van der Waals surface area contributed by atoms with E-state index >= 15 is 0 Å². The molecule has 1 fully saturated rings. The molecule has 0 aliphatic heterocycles. The summed E-state index contributed by atoms with van der Waals surface area (Å²) in [6, 6.07) is 0. The second kappa shape index (κ2) is 6.24. The number of carbonyl (C=O) groups excluding carboxylic acids is 1. The van der Waals surface area contributed by atoms with Crippen molar-refractivity contribution in [1.29, 1.82) is 0 Å². The van der Waals surface area contributed by atoms with E-state index in [-0.39, 0.29) is 11.4 Å². The van der Waals surface area contributed by atoms with Crippen LogP contribution in [0.5, 0.6) is 0 Å². The number of carbonyl (C=O) groups is 1. The molecule has 1 aliphatic carbocycles. The number of rotatable bonds is 6. The van der Waals surface area contributed by atoms with E-state index in [1.165, 1.54) is 12.8 Å².